The first-order chi connectivity index (χ1) is 14.8. The maximum absolute atomic E-state index is 12.8. The number of fused-ring (bicyclic) bond motifs is 1. The molecule has 4 aliphatic carbocycles. The Labute approximate surface area is 178 Å². The average Bonchev–Trinajstić information content (AvgIpc) is 2.71. The molecule has 0 saturated heterocycles. The van der Waals surface area contributed by atoms with Gasteiger partial charge in [0.1, 0.15) is 5.69 Å². The van der Waals surface area contributed by atoms with Gasteiger partial charge in [-0.1, -0.05) is 12.1 Å². The highest BCUT2D eigenvalue weighted by atomic mass is 16.5. The number of para-hydroxylation sites is 2. The zero-order chi connectivity index (χ0) is 21.9. The highest BCUT2D eigenvalue weighted by Gasteiger charge is 2.52. The van der Waals surface area contributed by atoms with Gasteiger partial charge in [0.2, 0.25) is 11.6 Å². The molecule has 0 unspecified atom stereocenters. The highest BCUT2D eigenvalue weighted by Crippen LogP contribution is 2.55. The molecule has 31 heavy (non-hydrogen) atoms. The number of nitrogens with one attached hydrogen (secondary N) is 1. The third-order valence-electron chi connectivity index (χ3n) is 7.45. The van der Waals surface area contributed by atoms with Crippen LogP contribution in [-0.2, 0) is 9.59 Å². The van der Waals surface area contributed by atoms with Crippen molar-refractivity contribution in [1.29, 1.82) is 0 Å². The lowest BCUT2D eigenvalue weighted by molar-refractivity contribution is -0.469. The van der Waals surface area contributed by atoms with Crippen molar-refractivity contribution >= 4 is 28.5 Å². The van der Waals surface area contributed by atoms with Crippen molar-refractivity contribution in [1.82, 2.24) is 10.0 Å². The number of carbonyl (C=O) groups excluding carboxylic acids is 3. The van der Waals surface area contributed by atoms with Crippen molar-refractivity contribution in [2.75, 3.05) is 0 Å². The lowest BCUT2D eigenvalue weighted by Crippen LogP contribution is -2.60. The molecule has 4 fully saturated rings. The number of rotatable bonds is 5. The van der Waals surface area contributed by atoms with E-state index >= 15 is 0 Å². The number of hydrogen-bond acceptors (Lipinski definition) is 5. The minimum Gasteiger partial charge on any atom is -0.428 e. The largest absolute Gasteiger partial charge is 0.428 e. The molecule has 4 saturated carbocycles. The number of benzene rings is 1. The molecule has 0 aliphatic heterocycles. The third kappa shape index (κ3) is 3.25. The Balaban J connectivity index is 1.35. The van der Waals surface area contributed by atoms with E-state index in [1.807, 2.05) is 0 Å². The van der Waals surface area contributed by atoms with E-state index in [2.05, 4.69) is 5.32 Å². The van der Waals surface area contributed by atoms with Crippen molar-refractivity contribution in [3.63, 3.8) is 0 Å². The molecule has 162 valence electrons. The maximum Gasteiger partial charge on any atom is 0.329 e. The van der Waals surface area contributed by atoms with Crippen LogP contribution in [-0.4, -0.2) is 33.0 Å². The van der Waals surface area contributed by atoms with Gasteiger partial charge in [-0.05, 0) is 69.3 Å². The van der Waals surface area contributed by atoms with Gasteiger partial charge in [0.15, 0.2) is 5.52 Å². The Bertz CT molecular complexity index is 1150. The molecule has 1 aromatic carbocycles. The predicted molar refractivity (Wildman–Crippen MR) is 110 cm³/mol. The Morgan fingerprint density at radius 2 is 1.68 bits per heavy atom. The Hall–Kier alpha value is -3.03. The van der Waals surface area contributed by atoms with Gasteiger partial charge in [-0.15, -0.1) is 0 Å². The van der Waals surface area contributed by atoms with Crippen LogP contribution in [0.4, 0.5) is 0 Å². The van der Waals surface area contributed by atoms with E-state index in [0.29, 0.717) is 22.2 Å². The van der Waals surface area contributed by atoms with E-state index in [-0.39, 0.29) is 28.0 Å². The Morgan fingerprint density at radius 1 is 1.10 bits per heavy atom. The minimum absolute atomic E-state index is 0.0213. The number of nitrogens with zero attached hydrogens (tertiary/aromatic N) is 2. The molecule has 2 N–H and O–H groups in total. The van der Waals surface area contributed by atoms with Crippen LogP contribution in [0, 0.1) is 29.6 Å². The lowest BCUT2D eigenvalue weighted by Gasteiger charge is -2.56. The van der Waals surface area contributed by atoms with Crippen molar-refractivity contribution in [3.05, 3.63) is 40.6 Å². The van der Waals surface area contributed by atoms with Crippen molar-refractivity contribution in [2.45, 2.75) is 57.4 Å². The molecule has 0 atom stereocenters. The average molecular weight is 424 g/mol. The van der Waals surface area contributed by atoms with Crippen LogP contribution in [0.2, 0.25) is 0 Å². The Morgan fingerprint density at radius 3 is 2.29 bits per heavy atom. The van der Waals surface area contributed by atoms with Crippen molar-refractivity contribution in [2.24, 2.45) is 17.8 Å². The number of aromatic nitrogens is 2. The highest BCUT2D eigenvalue weighted by molar-refractivity contribution is 6.40. The first kappa shape index (κ1) is 19.9. The van der Waals surface area contributed by atoms with Crippen LogP contribution in [0.3, 0.4) is 0 Å². The third-order valence-corrected chi connectivity index (χ3v) is 7.45. The van der Waals surface area contributed by atoms with Gasteiger partial charge in [-0.3, -0.25) is 14.4 Å². The molecule has 1 heterocycles. The number of amides is 1. The molecule has 0 radical (unpaired) electrons. The molecule has 2 aromatic rings. The van der Waals surface area contributed by atoms with E-state index in [0.717, 1.165) is 24.0 Å². The number of ketones is 2. The normalized spacial score (nSPS) is 28.6. The zero-order valence-electron chi connectivity index (χ0n) is 17.5. The predicted octanol–water partition coefficient (Wildman–Crippen LogP) is 2.33. The molecule has 8 heteroatoms. The van der Waals surface area contributed by atoms with Crippen LogP contribution >= 0.6 is 0 Å². The van der Waals surface area contributed by atoms with Gasteiger partial charge in [0, 0.05) is 16.5 Å². The molecule has 4 aliphatic rings. The molecule has 6 rings (SSSR count). The van der Waals surface area contributed by atoms with E-state index in [4.69, 9.17) is 0 Å². The molecule has 8 nitrogen and oxygen atoms in total. The van der Waals surface area contributed by atoms with Gasteiger partial charge < -0.3 is 10.5 Å². The van der Waals surface area contributed by atoms with Crippen LogP contribution in [0.1, 0.15) is 61.1 Å². The van der Waals surface area contributed by atoms with Crippen molar-refractivity contribution in [3.8, 4) is 0 Å². The van der Waals surface area contributed by atoms with Gasteiger partial charge in [-0.2, -0.15) is 4.73 Å². The quantitative estimate of drug-likeness (QED) is 0.252. The second-order valence-electron chi connectivity index (χ2n) is 9.70. The number of carbonyl (C=O) groups is 3. The molecule has 0 spiro atoms. The molecular weight excluding hydrogens is 398 g/mol. The SMILES string of the molecule is Cc1c(C(=O)CC(=O)C(=O)NC23CC4CC(CC(C4)C2)C3)[n+](=O)c2ccccc2n1O. The van der Waals surface area contributed by atoms with Gasteiger partial charge >= 0.3 is 5.69 Å². The minimum atomic E-state index is -0.849. The standard InChI is InChI=1S/C23H25N3O5/c1-13-21(26(31)18-5-3-2-4-17(18)25(13)30)19(27)9-20(28)22(29)24-23-10-14-6-15(11-23)8-16(7-14)12-23/h2-5,14-16,30H,6-12H2,1H3/p+1. The number of hydrogen-bond donors (Lipinski definition) is 2. The topological polar surface area (TPSA) is 111 Å². The summed E-state index contributed by atoms with van der Waals surface area (Å²) < 4.78 is 1.18. The summed E-state index contributed by atoms with van der Waals surface area (Å²) >= 11 is 0. The Kier molecular flexibility index (Phi) is 4.50. The number of Topliss-reactive ketones (excluding diaryl/α,β-unsaturated/α-hetero) is 2. The maximum atomic E-state index is 12.8. The first-order valence-electron chi connectivity index (χ1n) is 10.9. The molecule has 1 amide bonds. The monoisotopic (exact) mass is 424 g/mol. The fourth-order valence-electron chi connectivity index (χ4n) is 6.56. The van der Waals surface area contributed by atoms with E-state index in [9.17, 15) is 24.5 Å². The summed E-state index contributed by atoms with van der Waals surface area (Å²) in [7, 11) is 0. The fourth-order valence-corrected chi connectivity index (χ4v) is 6.56. The first-order valence-corrected chi connectivity index (χ1v) is 10.9. The van der Waals surface area contributed by atoms with Crippen LogP contribution in [0.15, 0.2) is 24.3 Å². The zero-order valence-corrected chi connectivity index (χ0v) is 17.5. The second-order valence-corrected chi connectivity index (χ2v) is 9.70. The van der Waals surface area contributed by atoms with Crippen molar-refractivity contribution < 1.29 is 24.0 Å². The van der Waals surface area contributed by atoms with Gasteiger partial charge in [-0.25, -0.2) is 0 Å². The van der Waals surface area contributed by atoms with E-state index < -0.39 is 23.9 Å². The van der Waals surface area contributed by atoms with Gasteiger partial charge in [0.25, 0.3) is 11.4 Å². The summed E-state index contributed by atoms with van der Waals surface area (Å²) in [6.45, 7) is 1.42. The smallest absolute Gasteiger partial charge is 0.329 e. The second kappa shape index (κ2) is 7.00. The summed E-state index contributed by atoms with van der Waals surface area (Å²) in [5.41, 5.74) is -0.289. The van der Waals surface area contributed by atoms with Crippen LogP contribution < -0.4 is 9.74 Å². The molecule has 4 bridgehead atoms. The summed E-state index contributed by atoms with van der Waals surface area (Å²) in [4.78, 5) is 50.9. The molecular formula is C23H26N3O5+. The lowest BCUT2D eigenvalue weighted by atomic mass is 9.53. The van der Waals surface area contributed by atoms with Crippen LogP contribution in [0.25, 0.3) is 11.0 Å². The summed E-state index contributed by atoms with van der Waals surface area (Å²) in [5.74, 6) is -0.540. The summed E-state index contributed by atoms with van der Waals surface area (Å²) in [6.07, 6.45) is 5.65. The van der Waals surface area contributed by atoms with Crippen LogP contribution in [0.5, 0.6) is 0 Å². The molecule has 1 aromatic heterocycles. The summed E-state index contributed by atoms with van der Waals surface area (Å²) in [6, 6.07) is 6.31. The van der Waals surface area contributed by atoms with E-state index in [1.54, 1.807) is 18.2 Å². The summed E-state index contributed by atoms with van der Waals surface area (Å²) in [5, 5.41) is 13.3. The van der Waals surface area contributed by atoms with E-state index in [1.165, 1.54) is 32.3 Å². The van der Waals surface area contributed by atoms with Gasteiger partial charge in [0.05, 0.1) is 10.8 Å². The fraction of sp³-hybridized carbons (Fsp3) is 0.522.